The Kier molecular flexibility index (Phi) is 4.88. The molecule has 0 unspecified atom stereocenters. The molecule has 1 aromatic heterocycles. The highest BCUT2D eigenvalue weighted by Gasteiger charge is 2.23. The van der Waals surface area contributed by atoms with Gasteiger partial charge in [0.2, 0.25) is 0 Å². The normalized spacial score (nSPS) is 21.1. The van der Waals surface area contributed by atoms with Crippen LogP contribution in [0.15, 0.2) is 24.5 Å². The fraction of sp³-hybridized carbons (Fsp3) is 0.467. The standard InChI is InChI=1S/C15H18ClN5O2/c16-14-7-12(21-9-17-19-20-21)5-6-13(14)15(23)18-11-3-1-10(8-22)2-4-11/h5-7,9-11,22H,1-4,8H2,(H,18,23). The van der Waals surface area contributed by atoms with Crippen molar-refractivity contribution < 1.29 is 9.90 Å². The number of nitrogens with one attached hydrogen (secondary N) is 1. The van der Waals surface area contributed by atoms with E-state index in [1.807, 2.05) is 0 Å². The molecule has 3 rings (SSSR count). The zero-order valence-corrected chi connectivity index (χ0v) is 13.3. The smallest absolute Gasteiger partial charge is 0.253 e. The minimum atomic E-state index is -0.175. The van der Waals surface area contributed by atoms with Gasteiger partial charge in [0.05, 0.1) is 16.3 Å². The number of hydrogen-bond acceptors (Lipinski definition) is 5. The van der Waals surface area contributed by atoms with Crippen molar-refractivity contribution in [2.45, 2.75) is 31.7 Å². The number of hydrogen-bond donors (Lipinski definition) is 2. The van der Waals surface area contributed by atoms with Crippen LogP contribution in [0.2, 0.25) is 5.02 Å². The van der Waals surface area contributed by atoms with E-state index in [1.54, 1.807) is 18.2 Å². The SMILES string of the molecule is O=C(NC1CCC(CO)CC1)c1ccc(-n2cnnn2)cc1Cl. The molecule has 0 radical (unpaired) electrons. The number of aliphatic hydroxyl groups excluding tert-OH is 1. The van der Waals surface area contributed by atoms with Gasteiger partial charge in [-0.1, -0.05) is 11.6 Å². The number of amides is 1. The summed E-state index contributed by atoms with van der Waals surface area (Å²) in [6.45, 7) is 0.227. The second-order valence-electron chi connectivity index (χ2n) is 5.79. The van der Waals surface area contributed by atoms with Crippen LogP contribution in [-0.4, -0.2) is 43.9 Å². The van der Waals surface area contributed by atoms with Crippen LogP contribution < -0.4 is 5.32 Å². The Morgan fingerprint density at radius 3 is 2.74 bits per heavy atom. The van der Waals surface area contributed by atoms with E-state index in [9.17, 15) is 4.79 Å². The number of aliphatic hydroxyl groups is 1. The summed E-state index contributed by atoms with van der Waals surface area (Å²) in [5.41, 5.74) is 1.13. The van der Waals surface area contributed by atoms with Crippen molar-refractivity contribution in [2.75, 3.05) is 6.61 Å². The van der Waals surface area contributed by atoms with Crippen molar-refractivity contribution in [1.29, 1.82) is 0 Å². The second kappa shape index (κ2) is 7.06. The van der Waals surface area contributed by atoms with Gasteiger partial charge in [-0.25, -0.2) is 4.68 Å². The lowest BCUT2D eigenvalue weighted by molar-refractivity contribution is 0.0914. The summed E-state index contributed by atoms with van der Waals surface area (Å²) < 4.78 is 1.48. The van der Waals surface area contributed by atoms with E-state index in [0.717, 1.165) is 25.7 Å². The minimum absolute atomic E-state index is 0.139. The third-order valence-corrected chi connectivity index (χ3v) is 4.56. The van der Waals surface area contributed by atoms with Crippen molar-refractivity contribution >= 4 is 17.5 Å². The average Bonchev–Trinajstić information content (AvgIpc) is 3.10. The molecule has 1 fully saturated rings. The zero-order valence-electron chi connectivity index (χ0n) is 12.5. The summed E-state index contributed by atoms with van der Waals surface area (Å²) >= 11 is 6.23. The summed E-state index contributed by atoms with van der Waals surface area (Å²) in [5, 5.41) is 23.5. The Bertz CT molecular complexity index is 669. The van der Waals surface area contributed by atoms with Crippen LogP contribution in [-0.2, 0) is 0 Å². The molecule has 122 valence electrons. The van der Waals surface area contributed by atoms with Gasteiger partial charge in [0, 0.05) is 12.6 Å². The monoisotopic (exact) mass is 335 g/mol. The molecule has 0 atom stereocenters. The first-order valence-electron chi connectivity index (χ1n) is 7.62. The molecule has 1 aromatic carbocycles. The molecule has 1 amide bonds. The number of carbonyl (C=O) groups is 1. The van der Waals surface area contributed by atoms with Crippen molar-refractivity contribution in [2.24, 2.45) is 5.92 Å². The fourth-order valence-corrected chi connectivity index (χ4v) is 3.12. The van der Waals surface area contributed by atoms with Gasteiger partial charge in [-0.2, -0.15) is 0 Å². The quantitative estimate of drug-likeness (QED) is 0.885. The molecule has 0 bridgehead atoms. The second-order valence-corrected chi connectivity index (χ2v) is 6.20. The first-order chi connectivity index (χ1) is 11.2. The summed E-state index contributed by atoms with van der Waals surface area (Å²) in [7, 11) is 0. The van der Waals surface area contributed by atoms with E-state index >= 15 is 0 Å². The fourth-order valence-electron chi connectivity index (χ4n) is 2.86. The van der Waals surface area contributed by atoms with Crippen LogP contribution in [0, 0.1) is 5.92 Å². The molecule has 0 saturated heterocycles. The minimum Gasteiger partial charge on any atom is -0.396 e. The molecule has 7 nitrogen and oxygen atoms in total. The molecular formula is C15H18ClN5O2. The number of benzene rings is 1. The third kappa shape index (κ3) is 3.68. The van der Waals surface area contributed by atoms with Gasteiger partial charge >= 0.3 is 0 Å². The van der Waals surface area contributed by atoms with Gasteiger partial charge in [-0.3, -0.25) is 4.79 Å². The summed E-state index contributed by atoms with van der Waals surface area (Å²) in [4.78, 5) is 12.4. The molecule has 1 saturated carbocycles. The first-order valence-corrected chi connectivity index (χ1v) is 8.00. The van der Waals surface area contributed by atoms with E-state index in [1.165, 1.54) is 11.0 Å². The van der Waals surface area contributed by atoms with Gasteiger partial charge in [-0.05, 0) is 60.2 Å². The summed E-state index contributed by atoms with van der Waals surface area (Å²) in [6.07, 6.45) is 5.11. The highest BCUT2D eigenvalue weighted by Crippen LogP contribution is 2.25. The molecule has 2 aromatic rings. The molecule has 2 N–H and O–H groups in total. The summed E-state index contributed by atoms with van der Waals surface area (Å²) in [5.74, 6) is 0.188. The van der Waals surface area contributed by atoms with E-state index in [-0.39, 0.29) is 18.6 Å². The maximum atomic E-state index is 12.4. The maximum Gasteiger partial charge on any atom is 0.253 e. The third-order valence-electron chi connectivity index (χ3n) is 4.25. The number of rotatable bonds is 4. The lowest BCUT2D eigenvalue weighted by atomic mass is 9.86. The number of tetrazole rings is 1. The predicted molar refractivity (Wildman–Crippen MR) is 84.5 cm³/mol. The van der Waals surface area contributed by atoms with Crippen LogP contribution >= 0.6 is 11.6 Å². The van der Waals surface area contributed by atoms with E-state index in [4.69, 9.17) is 16.7 Å². The number of halogens is 1. The van der Waals surface area contributed by atoms with Crippen LogP contribution in [0.3, 0.4) is 0 Å². The largest absolute Gasteiger partial charge is 0.396 e. The van der Waals surface area contributed by atoms with Gasteiger partial charge < -0.3 is 10.4 Å². The van der Waals surface area contributed by atoms with Crippen molar-refractivity contribution in [3.8, 4) is 5.69 Å². The number of nitrogens with zero attached hydrogens (tertiary/aromatic N) is 4. The van der Waals surface area contributed by atoms with Crippen LogP contribution in [0.1, 0.15) is 36.0 Å². The molecule has 0 spiro atoms. The van der Waals surface area contributed by atoms with Crippen LogP contribution in [0.5, 0.6) is 0 Å². The molecule has 1 aliphatic rings. The molecular weight excluding hydrogens is 318 g/mol. The topological polar surface area (TPSA) is 92.9 Å². The number of aromatic nitrogens is 4. The molecule has 1 heterocycles. The Balaban J connectivity index is 1.66. The maximum absolute atomic E-state index is 12.4. The summed E-state index contributed by atoms with van der Waals surface area (Å²) in [6, 6.07) is 5.23. The van der Waals surface area contributed by atoms with Crippen molar-refractivity contribution in [3.05, 3.63) is 35.1 Å². The lowest BCUT2D eigenvalue weighted by Crippen LogP contribution is -2.38. The Labute approximate surface area is 138 Å². The van der Waals surface area contributed by atoms with Gasteiger partial charge in [0.25, 0.3) is 5.91 Å². The van der Waals surface area contributed by atoms with Crippen LogP contribution in [0.4, 0.5) is 0 Å². The van der Waals surface area contributed by atoms with Crippen molar-refractivity contribution in [1.82, 2.24) is 25.5 Å². The van der Waals surface area contributed by atoms with E-state index < -0.39 is 0 Å². The average molecular weight is 336 g/mol. The Morgan fingerprint density at radius 2 is 2.13 bits per heavy atom. The molecule has 23 heavy (non-hydrogen) atoms. The number of carbonyl (C=O) groups excluding carboxylic acids is 1. The Hall–Kier alpha value is -1.99. The van der Waals surface area contributed by atoms with Crippen LogP contribution in [0.25, 0.3) is 5.69 Å². The zero-order chi connectivity index (χ0) is 16.2. The van der Waals surface area contributed by atoms with Gasteiger partial charge in [0.1, 0.15) is 6.33 Å². The van der Waals surface area contributed by atoms with E-state index in [0.29, 0.717) is 22.2 Å². The van der Waals surface area contributed by atoms with E-state index in [2.05, 4.69) is 20.8 Å². The van der Waals surface area contributed by atoms with Gasteiger partial charge in [0.15, 0.2) is 0 Å². The molecule has 8 heteroatoms. The molecule has 0 aliphatic heterocycles. The molecule has 1 aliphatic carbocycles. The van der Waals surface area contributed by atoms with Gasteiger partial charge in [-0.15, -0.1) is 5.10 Å². The first kappa shape index (κ1) is 15.9. The Morgan fingerprint density at radius 1 is 1.35 bits per heavy atom. The predicted octanol–water partition coefficient (Wildman–Crippen LogP) is 1.60. The highest BCUT2D eigenvalue weighted by atomic mass is 35.5. The highest BCUT2D eigenvalue weighted by molar-refractivity contribution is 6.34. The van der Waals surface area contributed by atoms with Crippen molar-refractivity contribution in [3.63, 3.8) is 0 Å². The lowest BCUT2D eigenvalue weighted by Gasteiger charge is -2.28.